The molecule has 216 valence electrons. The number of ketones is 1. The maximum atomic E-state index is 13.7. The molecule has 10 heteroatoms. The lowest BCUT2D eigenvalue weighted by atomic mass is 10.0. The van der Waals surface area contributed by atoms with Crippen molar-refractivity contribution in [2.75, 3.05) is 13.1 Å². The summed E-state index contributed by atoms with van der Waals surface area (Å²) in [6.45, 7) is 8.37. The molecule has 2 aromatic rings. The minimum atomic E-state index is -0.856. The number of nitrogens with one attached hydrogen (secondary N) is 1. The molecule has 0 saturated carbocycles. The second-order valence-electron chi connectivity index (χ2n) is 11.5. The van der Waals surface area contributed by atoms with E-state index in [4.69, 9.17) is 10.5 Å². The average molecular weight is 569 g/mol. The molecule has 2 fully saturated rings. The summed E-state index contributed by atoms with van der Waals surface area (Å²) < 4.78 is 5.53. The third-order valence-electron chi connectivity index (χ3n) is 7.49. The number of fused-ring (bicyclic) bond motifs is 1. The second kappa shape index (κ2) is 13.0. The fourth-order valence-corrected chi connectivity index (χ4v) is 6.36. The molecule has 3 N–H and O–H groups in total. The summed E-state index contributed by atoms with van der Waals surface area (Å²) in [5.74, 6) is -0.203. The highest BCUT2D eigenvalue weighted by atomic mass is 32.1. The van der Waals surface area contributed by atoms with Crippen LogP contribution in [0.4, 0.5) is 4.79 Å². The summed E-state index contributed by atoms with van der Waals surface area (Å²) in [6, 6.07) is 10.8. The van der Waals surface area contributed by atoms with Crippen molar-refractivity contribution < 1.29 is 23.9 Å². The maximum absolute atomic E-state index is 13.7. The predicted octanol–water partition coefficient (Wildman–Crippen LogP) is 4.06. The highest BCUT2D eigenvalue weighted by molar-refractivity contribution is 7.17. The van der Waals surface area contributed by atoms with Gasteiger partial charge in [-0.1, -0.05) is 69.4 Å². The van der Waals surface area contributed by atoms with E-state index in [9.17, 15) is 19.2 Å². The van der Waals surface area contributed by atoms with Crippen molar-refractivity contribution in [3.8, 4) is 15.5 Å². The van der Waals surface area contributed by atoms with Crippen molar-refractivity contribution >= 4 is 35.0 Å². The number of rotatable bonds is 10. The molecule has 40 heavy (non-hydrogen) atoms. The van der Waals surface area contributed by atoms with E-state index in [1.54, 1.807) is 11.0 Å². The normalized spacial score (nSPS) is 20.1. The van der Waals surface area contributed by atoms with Crippen LogP contribution in [0.25, 0.3) is 10.4 Å². The molecule has 0 aliphatic carbocycles. The minimum absolute atomic E-state index is 0.0419. The lowest BCUT2D eigenvalue weighted by Crippen LogP contribution is -2.53. The van der Waals surface area contributed by atoms with E-state index in [1.807, 2.05) is 50.2 Å². The molecular weight excluding hydrogens is 528 g/mol. The molecule has 0 radical (unpaired) electrons. The summed E-state index contributed by atoms with van der Waals surface area (Å²) in [6.07, 6.45) is 1.55. The van der Waals surface area contributed by atoms with E-state index in [1.165, 1.54) is 16.2 Å². The fourth-order valence-electron chi connectivity index (χ4n) is 5.50. The maximum Gasteiger partial charge on any atom is 0.414 e. The Hall–Kier alpha value is -3.24. The predicted molar refractivity (Wildman–Crippen MR) is 155 cm³/mol. The van der Waals surface area contributed by atoms with Crippen LogP contribution in [-0.2, 0) is 14.4 Å². The van der Waals surface area contributed by atoms with Gasteiger partial charge in [-0.2, -0.15) is 0 Å². The van der Waals surface area contributed by atoms with Gasteiger partial charge in [-0.05, 0) is 55.2 Å². The van der Waals surface area contributed by atoms with Crippen LogP contribution in [0.2, 0.25) is 0 Å². The number of amides is 3. The van der Waals surface area contributed by atoms with Gasteiger partial charge in [0, 0.05) is 11.4 Å². The monoisotopic (exact) mass is 568 g/mol. The minimum Gasteiger partial charge on any atom is -0.399 e. The number of hydrogen-bond donors (Lipinski definition) is 2. The average Bonchev–Trinajstić information content (AvgIpc) is 3.63. The number of thiophene rings is 1. The quantitative estimate of drug-likeness (QED) is 0.446. The van der Waals surface area contributed by atoms with Crippen LogP contribution in [0.15, 0.2) is 42.5 Å². The van der Waals surface area contributed by atoms with Gasteiger partial charge in [-0.3, -0.25) is 14.4 Å². The van der Waals surface area contributed by atoms with Crippen LogP contribution in [0, 0.1) is 11.8 Å². The second-order valence-corrected chi connectivity index (χ2v) is 12.6. The van der Waals surface area contributed by atoms with Gasteiger partial charge in [0.15, 0.2) is 10.8 Å². The Morgan fingerprint density at radius 1 is 1.00 bits per heavy atom. The molecule has 2 saturated heterocycles. The van der Waals surface area contributed by atoms with Gasteiger partial charge in [0.25, 0.3) is 0 Å². The number of nitrogens with two attached hydrogens (primary N) is 1. The van der Waals surface area contributed by atoms with E-state index in [-0.39, 0.29) is 36.1 Å². The molecule has 2 aliphatic rings. The van der Waals surface area contributed by atoms with Crippen LogP contribution >= 0.6 is 11.3 Å². The molecule has 9 nitrogen and oxygen atoms in total. The van der Waals surface area contributed by atoms with E-state index in [0.717, 1.165) is 16.9 Å². The third-order valence-corrected chi connectivity index (χ3v) is 8.50. The van der Waals surface area contributed by atoms with Crippen LogP contribution < -0.4 is 15.8 Å². The zero-order valence-corrected chi connectivity index (χ0v) is 24.5. The summed E-state index contributed by atoms with van der Waals surface area (Å²) in [7, 11) is 0. The molecule has 1 aromatic heterocycles. The number of hydrogen-bond acceptors (Lipinski definition) is 7. The summed E-state index contributed by atoms with van der Waals surface area (Å²) in [5, 5.41) is 3.16. The number of ether oxygens (including phenoxy) is 1. The molecule has 0 spiro atoms. The smallest absolute Gasteiger partial charge is 0.399 e. The Bertz CT molecular complexity index is 1210. The largest absolute Gasteiger partial charge is 0.414 e. The van der Waals surface area contributed by atoms with Gasteiger partial charge in [-0.15, -0.1) is 0 Å². The van der Waals surface area contributed by atoms with Gasteiger partial charge in [0.1, 0.15) is 12.1 Å². The standard InChI is InChI=1S/C30H40N4O5S/c1-18(2)10-11-21(31)28(36)34-17-24(35)27-23(34)14-15-33(27)29(37)22(16-19(3)4)32-30(38)39-26-13-12-25(40-26)20-8-6-5-7-9-20/h5-9,12-13,18-19,21-23,27H,10-11,14-17,31H2,1-4H3,(H,32,38). The first-order valence-corrected chi connectivity index (χ1v) is 14.9. The summed E-state index contributed by atoms with van der Waals surface area (Å²) >= 11 is 1.34. The Morgan fingerprint density at radius 2 is 1.73 bits per heavy atom. The SMILES string of the molecule is CC(C)CCC(N)C(=O)N1CC(=O)C2C1CCN2C(=O)C(CC(C)C)NC(=O)Oc1ccc(-c2ccccc2)s1. The van der Waals surface area contributed by atoms with Gasteiger partial charge >= 0.3 is 6.09 Å². The highest BCUT2D eigenvalue weighted by Gasteiger charge is 2.52. The summed E-state index contributed by atoms with van der Waals surface area (Å²) in [5.41, 5.74) is 7.20. The first-order valence-electron chi connectivity index (χ1n) is 14.1. The molecule has 3 amide bonds. The van der Waals surface area contributed by atoms with Crippen molar-refractivity contribution in [1.82, 2.24) is 15.1 Å². The van der Waals surface area contributed by atoms with Gasteiger partial charge in [0.2, 0.25) is 11.8 Å². The van der Waals surface area contributed by atoms with Crippen molar-refractivity contribution in [3.63, 3.8) is 0 Å². The first kappa shape index (κ1) is 29.7. The van der Waals surface area contributed by atoms with E-state index in [2.05, 4.69) is 19.2 Å². The molecule has 4 atom stereocenters. The van der Waals surface area contributed by atoms with Crippen LogP contribution in [0.5, 0.6) is 5.06 Å². The first-order chi connectivity index (χ1) is 19.0. The number of benzene rings is 1. The van der Waals surface area contributed by atoms with Crippen LogP contribution in [-0.4, -0.2) is 70.7 Å². The van der Waals surface area contributed by atoms with Gasteiger partial charge < -0.3 is 25.6 Å². The van der Waals surface area contributed by atoms with Crippen molar-refractivity contribution in [1.29, 1.82) is 0 Å². The molecule has 4 unspecified atom stereocenters. The lowest BCUT2D eigenvalue weighted by Gasteiger charge is -2.29. The fraction of sp³-hybridized carbons (Fsp3) is 0.533. The number of nitrogens with zero attached hydrogens (tertiary/aromatic N) is 2. The lowest BCUT2D eigenvalue weighted by molar-refractivity contribution is -0.138. The van der Waals surface area contributed by atoms with Crippen molar-refractivity contribution in [3.05, 3.63) is 42.5 Å². The zero-order valence-electron chi connectivity index (χ0n) is 23.7. The third kappa shape index (κ3) is 6.90. The molecule has 0 bridgehead atoms. The molecule has 2 aliphatic heterocycles. The van der Waals surface area contributed by atoms with Gasteiger partial charge in [-0.25, -0.2) is 4.79 Å². The summed E-state index contributed by atoms with van der Waals surface area (Å²) in [4.78, 5) is 56.8. The highest BCUT2D eigenvalue weighted by Crippen LogP contribution is 2.34. The molecule has 1 aromatic carbocycles. The van der Waals surface area contributed by atoms with E-state index in [0.29, 0.717) is 36.8 Å². The molecule has 3 heterocycles. The molecular formula is C30H40N4O5S. The number of Topliss-reactive ketones (excluding diaryl/α,β-unsaturated/α-hetero) is 1. The Labute approximate surface area is 240 Å². The zero-order chi connectivity index (χ0) is 29.0. The Morgan fingerprint density at radius 3 is 2.40 bits per heavy atom. The Balaban J connectivity index is 1.41. The topological polar surface area (TPSA) is 122 Å². The van der Waals surface area contributed by atoms with Crippen molar-refractivity contribution in [2.24, 2.45) is 17.6 Å². The number of likely N-dealkylation sites (tertiary alicyclic amines) is 2. The van der Waals surface area contributed by atoms with Crippen LogP contribution in [0.1, 0.15) is 53.4 Å². The Kier molecular flexibility index (Phi) is 9.63. The number of carbonyl (C=O) groups is 4. The van der Waals surface area contributed by atoms with E-state index >= 15 is 0 Å². The van der Waals surface area contributed by atoms with Crippen molar-refractivity contribution in [2.45, 2.75) is 77.5 Å². The number of carbonyl (C=O) groups excluding carboxylic acids is 4. The van der Waals surface area contributed by atoms with Crippen LogP contribution in [0.3, 0.4) is 0 Å². The molecule has 4 rings (SSSR count). The van der Waals surface area contributed by atoms with E-state index < -0.39 is 24.2 Å². The van der Waals surface area contributed by atoms with Gasteiger partial charge in [0.05, 0.1) is 18.6 Å².